The Hall–Kier alpha value is -0.780. The molecule has 1 N–H and O–H groups in total. The third-order valence-electron chi connectivity index (χ3n) is 1.43. The van der Waals surface area contributed by atoms with Crippen LogP contribution < -0.4 is 5.32 Å². The van der Waals surface area contributed by atoms with Gasteiger partial charge in [-0.2, -0.15) is 0 Å². The van der Waals surface area contributed by atoms with Crippen molar-refractivity contribution in [2.24, 2.45) is 0 Å². The molecular formula is C9H14NO2P. The standard InChI is InChI=1S/C9H14NO2P/c1-7(2)8(11)10-9(3,4)5-6-13-12/h1,5H2,2-4H3,(H,10,11). The van der Waals surface area contributed by atoms with Gasteiger partial charge in [-0.05, 0) is 0 Å². The Labute approximate surface area is 79.7 Å². The van der Waals surface area contributed by atoms with Crippen LogP contribution in [0.4, 0.5) is 0 Å². The van der Waals surface area contributed by atoms with E-state index in [0.717, 1.165) is 0 Å². The summed E-state index contributed by atoms with van der Waals surface area (Å²) in [7, 11) is -0.131. The van der Waals surface area contributed by atoms with Gasteiger partial charge in [-0.15, -0.1) is 0 Å². The summed E-state index contributed by atoms with van der Waals surface area (Å²) in [5.74, 6) is -0.186. The van der Waals surface area contributed by atoms with Crippen LogP contribution >= 0.6 is 7.92 Å². The minimum absolute atomic E-state index is 0.131. The van der Waals surface area contributed by atoms with E-state index in [9.17, 15) is 9.36 Å². The molecule has 0 heterocycles. The zero-order valence-electron chi connectivity index (χ0n) is 8.18. The third-order valence-corrected chi connectivity index (χ3v) is 1.71. The molecule has 0 fully saturated rings. The predicted molar refractivity (Wildman–Crippen MR) is 53.1 cm³/mol. The monoisotopic (exact) mass is 199 g/mol. The summed E-state index contributed by atoms with van der Waals surface area (Å²) in [6.07, 6.45) is 0.442. The fourth-order valence-corrected chi connectivity index (χ4v) is 1.15. The van der Waals surface area contributed by atoms with Crippen LogP contribution in [0.15, 0.2) is 12.2 Å². The molecule has 4 heteroatoms. The van der Waals surface area contributed by atoms with Crippen LogP contribution in [0, 0.1) is 5.63 Å². The molecule has 1 amide bonds. The molecular weight excluding hydrogens is 185 g/mol. The van der Waals surface area contributed by atoms with Crippen molar-refractivity contribution in [3.05, 3.63) is 12.2 Å². The van der Waals surface area contributed by atoms with Gasteiger partial charge in [0.25, 0.3) is 0 Å². The van der Waals surface area contributed by atoms with Crippen molar-refractivity contribution in [3.8, 4) is 5.63 Å². The summed E-state index contributed by atoms with van der Waals surface area (Å²) in [6.45, 7) is 8.85. The van der Waals surface area contributed by atoms with Crippen LogP contribution in [-0.2, 0) is 9.36 Å². The van der Waals surface area contributed by atoms with Crippen LogP contribution in [0.3, 0.4) is 0 Å². The van der Waals surface area contributed by atoms with E-state index in [1.807, 2.05) is 13.8 Å². The Kier molecular flexibility index (Phi) is 4.76. The van der Waals surface area contributed by atoms with Crippen molar-refractivity contribution >= 4 is 13.8 Å². The van der Waals surface area contributed by atoms with Crippen LogP contribution in [-0.4, -0.2) is 11.4 Å². The zero-order valence-corrected chi connectivity index (χ0v) is 9.07. The van der Waals surface area contributed by atoms with Crippen LogP contribution in [0.5, 0.6) is 0 Å². The fourth-order valence-electron chi connectivity index (χ4n) is 0.688. The van der Waals surface area contributed by atoms with Gasteiger partial charge in [0.05, 0.1) is 0 Å². The number of carbonyl (C=O) groups excluding carboxylic acids is 1. The molecule has 0 aromatic heterocycles. The molecule has 0 aliphatic carbocycles. The Morgan fingerprint density at radius 3 is 2.54 bits per heavy atom. The van der Waals surface area contributed by atoms with Crippen LogP contribution in [0.1, 0.15) is 27.2 Å². The van der Waals surface area contributed by atoms with Crippen molar-refractivity contribution in [1.29, 1.82) is 0 Å². The Balaban J connectivity index is 4.29. The molecule has 0 saturated heterocycles. The molecule has 0 radical (unpaired) electrons. The molecule has 0 saturated carbocycles. The molecule has 0 aromatic carbocycles. The van der Waals surface area contributed by atoms with E-state index in [4.69, 9.17) is 0 Å². The average Bonchev–Trinajstić information content (AvgIpc) is 2.00. The van der Waals surface area contributed by atoms with Gasteiger partial charge >= 0.3 is 79.0 Å². The topological polar surface area (TPSA) is 46.2 Å². The summed E-state index contributed by atoms with van der Waals surface area (Å²) in [4.78, 5) is 11.2. The second-order valence-electron chi connectivity index (χ2n) is 3.54. The van der Waals surface area contributed by atoms with Gasteiger partial charge in [0.15, 0.2) is 0 Å². The quantitative estimate of drug-likeness (QED) is 0.558. The van der Waals surface area contributed by atoms with Crippen molar-refractivity contribution < 1.29 is 9.36 Å². The van der Waals surface area contributed by atoms with E-state index in [1.54, 1.807) is 6.92 Å². The van der Waals surface area contributed by atoms with Gasteiger partial charge in [0, 0.05) is 0 Å². The van der Waals surface area contributed by atoms with E-state index in [-0.39, 0.29) is 13.8 Å². The first-order valence-electron chi connectivity index (χ1n) is 3.92. The number of carbonyl (C=O) groups is 1. The van der Waals surface area contributed by atoms with E-state index in [0.29, 0.717) is 12.0 Å². The molecule has 0 spiro atoms. The normalized spacial score (nSPS) is 10.1. The SMILES string of the molecule is C=C(C)C(=O)NC(C)(C)CC#P=O. The Morgan fingerprint density at radius 1 is 1.62 bits per heavy atom. The summed E-state index contributed by atoms with van der Waals surface area (Å²) in [5.41, 5.74) is 2.65. The molecule has 0 aliphatic heterocycles. The number of amides is 1. The van der Waals surface area contributed by atoms with Crippen LogP contribution in [0.25, 0.3) is 0 Å². The molecule has 0 aliphatic rings. The van der Waals surface area contributed by atoms with Gasteiger partial charge in [-0.25, -0.2) is 0 Å². The summed E-state index contributed by atoms with van der Waals surface area (Å²) >= 11 is 0. The molecule has 13 heavy (non-hydrogen) atoms. The van der Waals surface area contributed by atoms with Gasteiger partial charge in [0.2, 0.25) is 0 Å². The van der Waals surface area contributed by atoms with Gasteiger partial charge < -0.3 is 0 Å². The first-order chi connectivity index (χ1) is 5.89. The van der Waals surface area contributed by atoms with Gasteiger partial charge in [-0.3, -0.25) is 0 Å². The molecule has 72 valence electrons. The average molecular weight is 199 g/mol. The fraction of sp³-hybridized carbons (Fsp3) is 0.556. The van der Waals surface area contributed by atoms with Crippen molar-refractivity contribution in [2.45, 2.75) is 32.7 Å². The van der Waals surface area contributed by atoms with Gasteiger partial charge in [0.1, 0.15) is 0 Å². The second-order valence-corrected chi connectivity index (χ2v) is 4.04. The maximum atomic E-state index is 11.2. The Morgan fingerprint density at radius 2 is 2.15 bits per heavy atom. The first kappa shape index (κ1) is 12.2. The molecule has 0 unspecified atom stereocenters. The molecule has 3 nitrogen and oxygen atoms in total. The number of hydrogen-bond acceptors (Lipinski definition) is 2. The summed E-state index contributed by atoms with van der Waals surface area (Å²) in [5, 5.41) is 2.75. The van der Waals surface area contributed by atoms with Gasteiger partial charge in [-0.1, -0.05) is 0 Å². The predicted octanol–water partition coefficient (Wildman–Crippen LogP) is 2.10. The van der Waals surface area contributed by atoms with E-state index < -0.39 is 5.54 Å². The molecule has 0 rings (SSSR count). The third kappa shape index (κ3) is 5.46. The minimum atomic E-state index is -0.423. The van der Waals surface area contributed by atoms with Crippen molar-refractivity contribution in [3.63, 3.8) is 0 Å². The first-order valence-corrected chi connectivity index (χ1v) is 4.73. The molecule has 0 atom stereocenters. The van der Waals surface area contributed by atoms with E-state index in [2.05, 4.69) is 17.5 Å². The molecule has 0 bridgehead atoms. The van der Waals surface area contributed by atoms with Crippen molar-refractivity contribution in [1.82, 2.24) is 5.32 Å². The summed E-state index contributed by atoms with van der Waals surface area (Å²) in [6, 6.07) is 0. The van der Waals surface area contributed by atoms with E-state index in [1.165, 1.54) is 0 Å². The van der Waals surface area contributed by atoms with E-state index >= 15 is 0 Å². The second kappa shape index (κ2) is 5.06. The maximum absolute atomic E-state index is 11.2. The zero-order chi connectivity index (χ0) is 10.5. The number of rotatable bonds is 3. The number of hydrogen-bond donors (Lipinski definition) is 1. The van der Waals surface area contributed by atoms with Crippen LogP contribution in [0.2, 0.25) is 0 Å². The summed E-state index contributed by atoms with van der Waals surface area (Å²) < 4.78 is 10.1. The number of nitrogens with one attached hydrogen (secondary N) is 1. The molecule has 0 aromatic rings. The Bertz CT molecular complexity index is 313. The van der Waals surface area contributed by atoms with Crippen molar-refractivity contribution in [2.75, 3.05) is 0 Å².